The van der Waals surface area contributed by atoms with Crippen molar-refractivity contribution < 1.29 is 14.3 Å². The number of aromatic nitrogens is 2. The molecule has 0 bridgehead atoms. The first-order valence-electron chi connectivity index (χ1n) is 8.24. The normalized spacial score (nSPS) is 20.2. The molecule has 1 saturated heterocycles. The van der Waals surface area contributed by atoms with Crippen LogP contribution in [0.1, 0.15) is 58.8 Å². The molecule has 6 nitrogen and oxygen atoms in total. The smallest absolute Gasteiger partial charge is 0.410 e. The Morgan fingerprint density at radius 2 is 2.17 bits per heavy atom. The Balaban J connectivity index is 1.92. The van der Waals surface area contributed by atoms with Crippen molar-refractivity contribution in [2.24, 2.45) is 0 Å². The molecule has 0 aliphatic carbocycles. The molecule has 0 N–H and O–H groups in total. The van der Waals surface area contributed by atoms with Crippen LogP contribution in [-0.4, -0.2) is 45.8 Å². The summed E-state index contributed by atoms with van der Waals surface area (Å²) in [4.78, 5) is 22.5. The van der Waals surface area contributed by atoms with Gasteiger partial charge in [0.05, 0.1) is 30.6 Å². The molecule has 2 heterocycles. The molecule has 1 aliphatic rings. The van der Waals surface area contributed by atoms with E-state index in [0.29, 0.717) is 6.61 Å². The van der Waals surface area contributed by atoms with E-state index in [0.717, 1.165) is 31.5 Å². The SMILES string of the molecule is C[C@@H](OC[C@@H]1CCCCN1C(=O)OC(C)(C)C)c1cnccn1. The summed E-state index contributed by atoms with van der Waals surface area (Å²) in [6.07, 6.45) is 7.65. The Hall–Kier alpha value is -1.69. The van der Waals surface area contributed by atoms with Gasteiger partial charge in [0.1, 0.15) is 5.60 Å². The van der Waals surface area contributed by atoms with Crippen LogP contribution in [0.5, 0.6) is 0 Å². The number of hydrogen-bond acceptors (Lipinski definition) is 5. The molecule has 1 amide bonds. The molecular formula is C17H27N3O3. The zero-order valence-electron chi connectivity index (χ0n) is 14.5. The quantitative estimate of drug-likeness (QED) is 0.851. The van der Waals surface area contributed by atoms with Crippen LogP contribution < -0.4 is 0 Å². The van der Waals surface area contributed by atoms with Gasteiger partial charge in [0.25, 0.3) is 0 Å². The van der Waals surface area contributed by atoms with Crippen LogP contribution in [0.15, 0.2) is 18.6 Å². The molecule has 0 saturated carbocycles. The first kappa shape index (κ1) is 17.7. The highest BCUT2D eigenvalue weighted by Gasteiger charge is 2.31. The molecule has 0 aromatic carbocycles. The van der Waals surface area contributed by atoms with Gasteiger partial charge in [0.2, 0.25) is 0 Å². The number of ether oxygens (including phenoxy) is 2. The predicted molar refractivity (Wildman–Crippen MR) is 87.0 cm³/mol. The molecule has 1 fully saturated rings. The molecule has 1 aliphatic heterocycles. The van der Waals surface area contributed by atoms with E-state index >= 15 is 0 Å². The summed E-state index contributed by atoms with van der Waals surface area (Å²) >= 11 is 0. The van der Waals surface area contributed by atoms with Crippen molar-refractivity contribution in [1.82, 2.24) is 14.9 Å². The van der Waals surface area contributed by atoms with E-state index in [2.05, 4.69) is 9.97 Å². The van der Waals surface area contributed by atoms with Crippen molar-refractivity contribution in [2.75, 3.05) is 13.2 Å². The summed E-state index contributed by atoms with van der Waals surface area (Å²) in [7, 11) is 0. The summed E-state index contributed by atoms with van der Waals surface area (Å²) in [6.45, 7) is 8.81. The van der Waals surface area contributed by atoms with Gasteiger partial charge in [-0.25, -0.2) is 4.79 Å². The van der Waals surface area contributed by atoms with Gasteiger partial charge in [-0.05, 0) is 47.0 Å². The van der Waals surface area contributed by atoms with Crippen LogP contribution in [0, 0.1) is 0 Å². The maximum atomic E-state index is 12.4. The molecule has 1 aromatic rings. The molecule has 1 aromatic heterocycles. The molecule has 0 spiro atoms. The fourth-order valence-electron chi connectivity index (χ4n) is 2.60. The largest absolute Gasteiger partial charge is 0.444 e. The highest BCUT2D eigenvalue weighted by molar-refractivity contribution is 5.68. The third kappa shape index (κ3) is 5.46. The summed E-state index contributed by atoms with van der Waals surface area (Å²) in [6, 6.07) is 0.0534. The number of carbonyl (C=O) groups is 1. The number of hydrogen-bond donors (Lipinski definition) is 0. The zero-order chi connectivity index (χ0) is 16.9. The molecule has 23 heavy (non-hydrogen) atoms. The average Bonchev–Trinajstić information content (AvgIpc) is 2.52. The lowest BCUT2D eigenvalue weighted by Crippen LogP contribution is -2.48. The Kier molecular flexibility index (Phi) is 5.93. The number of rotatable bonds is 4. The second-order valence-corrected chi connectivity index (χ2v) is 6.93. The van der Waals surface area contributed by atoms with Gasteiger partial charge in [0, 0.05) is 18.9 Å². The Labute approximate surface area is 138 Å². The fraction of sp³-hybridized carbons (Fsp3) is 0.706. The van der Waals surface area contributed by atoms with Crippen LogP contribution in [0.25, 0.3) is 0 Å². The zero-order valence-corrected chi connectivity index (χ0v) is 14.5. The van der Waals surface area contributed by atoms with E-state index < -0.39 is 5.60 Å². The maximum Gasteiger partial charge on any atom is 0.410 e. The van der Waals surface area contributed by atoms with Gasteiger partial charge in [0.15, 0.2) is 0 Å². The van der Waals surface area contributed by atoms with Crippen LogP contribution in [0.2, 0.25) is 0 Å². The molecule has 6 heteroatoms. The molecular weight excluding hydrogens is 294 g/mol. The van der Waals surface area contributed by atoms with E-state index in [4.69, 9.17) is 9.47 Å². The standard InChI is InChI=1S/C17H27N3O3/c1-13(15-11-18-8-9-19-15)22-12-14-7-5-6-10-20(14)16(21)23-17(2,3)4/h8-9,11,13-14H,5-7,10,12H2,1-4H3/t13-,14+/m1/s1. The van der Waals surface area contributed by atoms with Crippen molar-refractivity contribution >= 4 is 6.09 Å². The van der Waals surface area contributed by atoms with Gasteiger partial charge in [-0.1, -0.05) is 0 Å². The molecule has 2 atom stereocenters. The summed E-state index contributed by atoms with van der Waals surface area (Å²) in [5.41, 5.74) is 0.319. The van der Waals surface area contributed by atoms with Crippen molar-refractivity contribution in [3.8, 4) is 0 Å². The molecule has 2 rings (SSSR count). The number of piperidine rings is 1. The summed E-state index contributed by atoms with van der Waals surface area (Å²) < 4.78 is 11.4. The highest BCUT2D eigenvalue weighted by atomic mass is 16.6. The van der Waals surface area contributed by atoms with Crippen LogP contribution in [0.4, 0.5) is 4.79 Å². The second-order valence-electron chi connectivity index (χ2n) is 6.93. The number of nitrogens with zero attached hydrogens (tertiary/aromatic N) is 3. The lowest BCUT2D eigenvalue weighted by molar-refractivity contribution is -0.0218. The van der Waals surface area contributed by atoms with Crippen molar-refractivity contribution in [1.29, 1.82) is 0 Å². The van der Waals surface area contributed by atoms with Gasteiger partial charge in [-0.15, -0.1) is 0 Å². The monoisotopic (exact) mass is 321 g/mol. The van der Waals surface area contributed by atoms with Gasteiger partial charge in [-0.3, -0.25) is 9.97 Å². The topological polar surface area (TPSA) is 64.5 Å². The van der Waals surface area contributed by atoms with E-state index in [-0.39, 0.29) is 18.2 Å². The molecule has 0 radical (unpaired) electrons. The maximum absolute atomic E-state index is 12.4. The van der Waals surface area contributed by atoms with E-state index in [1.807, 2.05) is 27.7 Å². The Bertz CT molecular complexity index is 502. The summed E-state index contributed by atoms with van der Waals surface area (Å²) in [5, 5.41) is 0. The van der Waals surface area contributed by atoms with Crippen LogP contribution in [0.3, 0.4) is 0 Å². The first-order valence-corrected chi connectivity index (χ1v) is 8.24. The van der Waals surface area contributed by atoms with Gasteiger partial charge in [-0.2, -0.15) is 0 Å². The van der Waals surface area contributed by atoms with E-state index in [9.17, 15) is 4.79 Å². The second kappa shape index (κ2) is 7.73. The van der Waals surface area contributed by atoms with E-state index in [1.54, 1.807) is 23.5 Å². The Morgan fingerprint density at radius 1 is 1.39 bits per heavy atom. The lowest BCUT2D eigenvalue weighted by atomic mass is 10.0. The number of amides is 1. The fourth-order valence-corrected chi connectivity index (χ4v) is 2.60. The highest BCUT2D eigenvalue weighted by Crippen LogP contribution is 2.22. The molecule has 128 valence electrons. The van der Waals surface area contributed by atoms with Crippen LogP contribution in [-0.2, 0) is 9.47 Å². The van der Waals surface area contributed by atoms with Crippen LogP contribution >= 0.6 is 0 Å². The minimum atomic E-state index is -0.479. The number of carbonyl (C=O) groups excluding carboxylic acids is 1. The van der Waals surface area contributed by atoms with Gasteiger partial charge >= 0.3 is 6.09 Å². The van der Waals surface area contributed by atoms with Crippen molar-refractivity contribution in [3.63, 3.8) is 0 Å². The minimum Gasteiger partial charge on any atom is -0.444 e. The number of likely N-dealkylation sites (tertiary alicyclic amines) is 1. The average molecular weight is 321 g/mol. The van der Waals surface area contributed by atoms with E-state index in [1.165, 1.54) is 0 Å². The summed E-state index contributed by atoms with van der Waals surface area (Å²) in [5.74, 6) is 0. The predicted octanol–water partition coefficient (Wildman–Crippen LogP) is 3.34. The Morgan fingerprint density at radius 3 is 2.83 bits per heavy atom. The third-order valence-corrected chi connectivity index (χ3v) is 3.79. The third-order valence-electron chi connectivity index (χ3n) is 3.79. The molecule has 0 unspecified atom stereocenters. The first-order chi connectivity index (χ1) is 10.9. The lowest BCUT2D eigenvalue weighted by Gasteiger charge is -2.37. The van der Waals surface area contributed by atoms with Crippen molar-refractivity contribution in [2.45, 2.75) is 64.7 Å². The van der Waals surface area contributed by atoms with Crippen molar-refractivity contribution in [3.05, 3.63) is 24.3 Å². The minimum absolute atomic E-state index is 0.0534. The van der Waals surface area contributed by atoms with Gasteiger partial charge < -0.3 is 14.4 Å².